The van der Waals surface area contributed by atoms with E-state index in [1.54, 1.807) is 0 Å². The van der Waals surface area contributed by atoms with E-state index >= 15 is 0 Å². The molecule has 144 valence electrons. The molecule has 1 aromatic carbocycles. The maximum absolute atomic E-state index is 13.0. The fourth-order valence-corrected chi connectivity index (χ4v) is 4.42. The number of hydrogen-bond acceptors (Lipinski definition) is 6. The van der Waals surface area contributed by atoms with E-state index in [0.717, 1.165) is 36.8 Å². The van der Waals surface area contributed by atoms with E-state index < -0.39 is 0 Å². The van der Waals surface area contributed by atoms with Crippen LogP contribution >= 0.6 is 0 Å². The van der Waals surface area contributed by atoms with Gasteiger partial charge in [-0.25, -0.2) is 14.6 Å². The van der Waals surface area contributed by atoms with Crippen LogP contribution in [0, 0.1) is 0 Å². The van der Waals surface area contributed by atoms with Gasteiger partial charge in [0.1, 0.15) is 12.1 Å². The monoisotopic (exact) mass is 378 g/mol. The zero-order valence-corrected chi connectivity index (χ0v) is 15.4. The van der Waals surface area contributed by atoms with Crippen LogP contribution in [-0.2, 0) is 12.8 Å². The van der Waals surface area contributed by atoms with Gasteiger partial charge in [-0.1, -0.05) is 18.9 Å². The molecule has 1 unspecified atom stereocenters. The van der Waals surface area contributed by atoms with Gasteiger partial charge in [0.05, 0.1) is 17.5 Å². The minimum atomic E-state index is -0.344. The van der Waals surface area contributed by atoms with E-state index in [4.69, 9.17) is 5.73 Å². The first-order chi connectivity index (χ1) is 13.6. The SMILES string of the molecule is Nc1ncnc2c1c(C(=O)Nc1ccc3c(c1)CC(O)C3)nn2C1CCCC1. The zero-order chi connectivity index (χ0) is 19.3. The lowest BCUT2D eigenvalue weighted by molar-refractivity contribution is 0.102. The molecule has 1 saturated carbocycles. The summed E-state index contributed by atoms with van der Waals surface area (Å²) in [6.45, 7) is 0. The van der Waals surface area contributed by atoms with Crippen LogP contribution in [0.25, 0.3) is 11.0 Å². The highest BCUT2D eigenvalue weighted by Crippen LogP contribution is 2.33. The van der Waals surface area contributed by atoms with Crippen molar-refractivity contribution in [2.45, 2.75) is 50.7 Å². The molecule has 8 heteroatoms. The second-order valence-electron chi connectivity index (χ2n) is 7.69. The summed E-state index contributed by atoms with van der Waals surface area (Å²) in [6.07, 6.45) is 6.68. The second-order valence-corrected chi connectivity index (χ2v) is 7.69. The first-order valence-corrected chi connectivity index (χ1v) is 9.70. The van der Waals surface area contributed by atoms with Gasteiger partial charge in [-0.2, -0.15) is 5.10 Å². The number of aliphatic hydroxyl groups is 1. The van der Waals surface area contributed by atoms with Gasteiger partial charge in [-0.15, -0.1) is 0 Å². The standard InChI is InChI=1S/C20H22N6O2/c21-18-16-17(25-26(14-3-1-2-4-14)19(16)23-10-22-18)20(28)24-13-6-5-11-8-15(27)9-12(11)7-13/h5-7,10,14-15,27H,1-4,8-9H2,(H,24,28)(H2,21,22,23). The zero-order valence-electron chi connectivity index (χ0n) is 15.4. The molecule has 2 aromatic heterocycles. The van der Waals surface area contributed by atoms with Gasteiger partial charge in [0, 0.05) is 5.69 Å². The third-order valence-electron chi connectivity index (χ3n) is 5.78. The summed E-state index contributed by atoms with van der Waals surface area (Å²) in [5.41, 5.74) is 9.81. The van der Waals surface area contributed by atoms with Crippen LogP contribution in [0.5, 0.6) is 0 Å². The highest BCUT2D eigenvalue weighted by molar-refractivity contribution is 6.13. The largest absolute Gasteiger partial charge is 0.392 e. The molecule has 3 aromatic rings. The predicted octanol–water partition coefficient (Wildman–Crippen LogP) is 2.24. The fraction of sp³-hybridized carbons (Fsp3) is 0.400. The number of nitrogens with one attached hydrogen (secondary N) is 1. The third kappa shape index (κ3) is 2.80. The van der Waals surface area contributed by atoms with Gasteiger partial charge in [0.15, 0.2) is 11.3 Å². The molecule has 0 saturated heterocycles. The number of carbonyl (C=O) groups excluding carboxylic acids is 1. The molecule has 1 amide bonds. The summed E-state index contributed by atoms with van der Waals surface area (Å²) in [4.78, 5) is 21.4. The Bertz CT molecular complexity index is 1070. The maximum Gasteiger partial charge on any atom is 0.277 e. The van der Waals surface area contributed by atoms with E-state index in [0.29, 0.717) is 29.6 Å². The molecule has 4 N–H and O–H groups in total. The summed E-state index contributed by atoms with van der Waals surface area (Å²) in [5, 5.41) is 17.8. The van der Waals surface area contributed by atoms with Crippen molar-refractivity contribution in [2.24, 2.45) is 0 Å². The topological polar surface area (TPSA) is 119 Å². The van der Waals surface area contributed by atoms with Gasteiger partial charge < -0.3 is 16.2 Å². The average molecular weight is 378 g/mol. The molecule has 0 aliphatic heterocycles. The van der Waals surface area contributed by atoms with Crippen LogP contribution in [0.15, 0.2) is 24.5 Å². The number of aliphatic hydroxyl groups excluding tert-OH is 1. The van der Waals surface area contributed by atoms with E-state index in [1.807, 2.05) is 22.9 Å². The lowest BCUT2D eigenvalue weighted by Crippen LogP contribution is -2.15. The molecule has 8 nitrogen and oxygen atoms in total. The molecule has 0 radical (unpaired) electrons. The van der Waals surface area contributed by atoms with Crippen molar-refractivity contribution < 1.29 is 9.90 Å². The number of anilines is 2. The number of hydrogen-bond donors (Lipinski definition) is 3. The molecular formula is C20H22N6O2. The Balaban J connectivity index is 1.50. The Kier molecular flexibility index (Phi) is 4.01. The number of carbonyl (C=O) groups is 1. The Morgan fingerprint density at radius 3 is 2.79 bits per heavy atom. The first-order valence-electron chi connectivity index (χ1n) is 9.70. The summed E-state index contributed by atoms with van der Waals surface area (Å²) < 4.78 is 1.84. The lowest BCUT2D eigenvalue weighted by atomic mass is 10.1. The van der Waals surface area contributed by atoms with Gasteiger partial charge in [0.25, 0.3) is 5.91 Å². The Labute approximate surface area is 161 Å². The van der Waals surface area contributed by atoms with Crippen molar-refractivity contribution in [3.63, 3.8) is 0 Å². The van der Waals surface area contributed by atoms with Crippen molar-refractivity contribution in [2.75, 3.05) is 11.1 Å². The normalized spacial score (nSPS) is 19.2. The number of fused-ring (bicyclic) bond motifs is 2. The molecule has 28 heavy (non-hydrogen) atoms. The molecule has 0 bridgehead atoms. The Morgan fingerprint density at radius 1 is 1.18 bits per heavy atom. The maximum atomic E-state index is 13.0. The first kappa shape index (κ1) is 17.1. The number of amides is 1. The van der Waals surface area contributed by atoms with Crippen molar-refractivity contribution in [3.05, 3.63) is 41.3 Å². The molecule has 1 fully saturated rings. The molecule has 5 rings (SSSR count). The summed E-state index contributed by atoms with van der Waals surface area (Å²) in [6, 6.07) is 5.96. The van der Waals surface area contributed by atoms with E-state index in [-0.39, 0.29) is 29.6 Å². The smallest absolute Gasteiger partial charge is 0.277 e. The van der Waals surface area contributed by atoms with Crippen LogP contribution in [0.2, 0.25) is 0 Å². The quantitative estimate of drug-likeness (QED) is 0.643. The Hall–Kier alpha value is -3.00. The van der Waals surface area contributed by atoms with Crippen molar-refractivity contribution in [3.8, 4) is 0 Å². The van der Waals surface area contributed by atoms with E-state index in [9.17, 15) is 9.90 Å². The van der Waals surface area contributed by atoms with Crippen LogP contribution < -0.4 is 11.1 Å². The number of rotatable bonds is 3. The van der Waals surface area contributed by atoms with E-state index in [1.165, 1.54) is 6.33 Å². The predicted molar refractivity (Wildman–Crippen MR) is 105 cm³/mol. The molecular weight excluding hydrogens is 356 g/mol. The minimum absolute atomic E-state index is 0.236. The third-order valence-corrected chi connectivity index (χ3v) is 5.78. The average Bonchev–Trinajstić information content (AvgIpc) is 3.38. The summed E-state index contributed by atoms with van der Waals surface area (Å²) >= 11 is 0. The molecule has 2 heterocycles. The number of aromatic nitrogens is 4. The highest BCUT2D eigenvalue weighted by Gasteiger charge is 2.27. The van der Waals surface area contributed by atoms with Gasteiger partial charge >= 0.3 is 0 Å². The van der Waals surface area contributed by atoms with E-state index in [2.05, 4.69) is 20.4 Å². The van der Waals surface area contributed by atoms with Crippen LogP contribution in [0.3, 0.4) is 0 Å². The van der Waals surface area contributed by atoms with Gasteiger partial charge in [0.2, 0.25) is 0 Å². The number of nitrogens with two attached hydrogens (primary N) is 1. The second kappa shape index (κ2) is 6.56. The number of nitrogen functional groups attached to an aromatic ring is 1. The molecule has 0 spiro atoms. The lowest BCUT2D eigenvalue weighted by Gasteiger charge is -2.10. The van der Waals surface area contributed by atoms with Crippen molar-refractivity contribution in [1.29, 1.82) is 0 Å². The van der Waals surface area contributed by atoms with Crippen molar-refractivity contribution >= 4 is 28.4 Å². The molecule has 2 aliphatic carbocycles. The van der Waals surface area contributed by atoms with Gasteiger partial charge in [-0.05, 0) is 48.9 Å². The van der Waals surface area contributed by atoms with Crippen LogP contribution in [0.1, 0.15) is 53.3 Å². The number of nitrogens with zero attached hydrogens (tertiary/aromatic N) is 4. The van der Waals surface area contributed by atoms with Crippen LogP contribution in [-0.4, -0.2) is 36.9 Å². The van der Waals surface area contributed by atoms with Crippen LogP contribution in [0.4, 0.5) is 11.5 Å². The number of benzene rings is 1. The van der Waals surface area contributed by atoms with Gasteiger partial charge in [-0.3, -0.25) is 4.79 Å². The summed E-state index contributed by atoms with van der Waals surface area (Å²) in [5.74, 6) is -0.0711. The minimum Gasteiger partial charge on any atom is -0.392 e. The van der Waals surface area contributed by atoms with Crippen molar-refractivity contribution in [1.82, 2.24) is 19.7 Å². The summed E-state index contributed by atoms with van der Waals surface area (Å²) in [7, 11) is 0. The molecule has 1 atom stereocenters. The highest BCUT2D eigenvalue weighted by atomic mass is 16.3. The Morgan fingerprint density at radius 2 is 1.96 bits per heavy atom. The fourth-order valence-electron chi connectivity index (χ4n) is 4.42. The molecule has 2 aliphatic rings.